The highest BCUT2D eigenvalue weighted by Crippen LogP contribution is 2.40. The molecule has 1 N–H and O–H groups in total. The van der Waals surface area contributed by atoms with Crippen molar-refractivity contribution in [1.82, 2.24) is 4.98 Å². The Morgan fingerprint density at radius 3 is 2.17 bits per heavy atom. The van der Waals surface area contributed by atoms with Gasteiger partial charge in [0.15, 0.2) is 5.76 Å². The summed E-state index contributed by atoms with van der Waals surface area (Å²) in [4.78, 5) is 3.48. The lowest BCUT2D eigenvalue weighted by Crippen LogP contribution is -1.80. The number of aromatic amines is 1. The van der Waals surface area contributed by atoms with Crippen molar-refractivity contribution in [1.29, 1.82) is 0 Å². The molecule has 2 nitrogen and oxygen atoms in total. The van der Waals surface area contributed by atoms with E-state index in [1.165, 1.54) is 16.7 Å². The third-order valence-corrected chi connectivity index (χ3v) is 5.24. The third-order valence-electron chi connectivity index (χ3n) is 4.48. The molecule has 2 aromatic heterocycles. The highest BCUT2D eigenvalue weighted by atomic mass is 79.9. The molecule has 2 heterocycles. The van der Waals surface area contributed by atoms with E-state index in [2.05, 4.69) is 90.2 Å². The van der Waals surface area contributed by atoms with Crippen LogP contribution < -0.4 is 0 Å². The van der Waals surface area contributed by atoms with Gasteiger partial charge in [0.05, 0.1) is 10.2 Å². The van der Waals surface area contributed by atoms with Crippen molar-refractivity contribution in [3.05, 3.63) is 69.7 Å². The Bertz CT molecular complexity index is 1040. The van der Waals surface area contributed by atoms with Crippen LogP contribution >= 0.6 is 15.9 Å². The van der Waals surface area contributed by atoms with Crippen LogP contribution in [-0.4, -0.2) is 4.98 Å². The monoisotopic (exact) mass is 379 g/mol. The highest BCUT2D eigenvalue weighted by Gasteiger charge is 2.18. The van der Waals surface area contributed by atoms with Crippen molar-refractivity contribution in [2.75, 3.05) is 0 Å². The van der Waals surface area contributed by atoms with Crippen molar-refractivity contribution in [3.63, 3.8) is 0 Å². The molecule has 0 bridgehead atoms. The molecule has 0 saturated carbocycles. The largest absolute Gasteiger partial charge is 0.453 e. The third kappa shape index (κ3) is 2.40. The number of rotatable bonds is 2. The Balaban J connectivity index is 1.84. The minimum atomic E-state index is 0.848. The Morgan fingerprint density at radius 2 is 1.46 bits per heavy atom. The molecule has 120 valence electrons. The van der Waals surface area contributed by atoms with Crippen LogP contribution in [0.1, 0.15) is 16.7 Å². The zero-order valence-electron chi connectivity index (χ0n) is 13.9. The molecule has 0 atom stereocenters. The number of furan rings is 1. The molecule has 4 aromatic rings. The van der Waals surface area contributed by atoms with E-state index in [1.807, 2.05) is 0 Å². The average Bonchev–Trinajstić information content (AvgIpc) is 3.17. The molecule has 0 spiro atoms. The lowest BCUT2D eigenvalue weighted by molar-refractivity contribution is 0.625. The van der Waals surface area contributed by atoms with Crippen molar-refractivity contribution < 1.29 is 4.42 Å². The second kappa shape index (κ2) is 5.67. The van der Waals surface area contributed by atoms with Gasteiger partial charge in [0.1, 0.15) is 5.58 Å². The van der Waals surface area contributed by atoms with Crippen LogP contribution in [0, 0.1) is 20.8 Å². The van der Waals surface area contributed by atoms with Gasteiger partial charge < -0.3 is 9.40 Å². The molecular weight excluding hydrogens is 362 g/mol. The SMILES string of the molecule is Cc1ccc(-c2ccc(-c3oc4c(C)ccc(C)c4c3Br)[nH]2)cc1. The number of halogens is 1. The smallest absolute Gasteiger partial charge is 0.165 e. The zero-order chi connectivity index (χ0) is 16.8. The van der Waals surface area contributed by atoms with Crippen molar-refractivity contribution in [3.8, 4) is 22.7 Å². The van der Waals surface area contributed by atoms with E-state index in [0.29, 0.717) is 0 Å². The van der Waals surface area contributed by atoms with Crippen LogP contribution in [0.15, 0.2) is 57.4 Å². The lowest BCUT2D eigenvalue weighted by atomic mass is 10.1. The minimum absolute atomic E-state index is 0.848. The van der Waals surface area contributed by atoms with E-state index in [9.17, 15) is 0 Å². The van der Waals surface area contributed by atoms with Gasteiger partial charge >= 0.3 is 0 Å². The number of aromatic nitrogens is 1. The van der Waals surface area contributed by atoms with Gasteiger partial charge in [-0.15, -0.1) is 0 Å². The standard InChI is InChI=1S/C21H18BrNO/c1-12-4-8-15(9-5-12)16-10-11-17(23-16)21-19(22)18-13(2)6-7-14(3)20(18)24-21/h4-11,23H,1-3H3. The van der Waals surface area contributed by atoms with Gasteiger partial charge in [-0.2, -0.15) is 0 Å². The summed E-state index contributed by atoms with van der Waals surface area (Å²) >= 11 is 3.73. The summed E-state index contributed by atoms with van der Waals surface area (Å²) in [5.41, 5.74) is 7.81. The predicted octanol–water partition coefficient (Wildman–Crippen LogP) is 6.78. The molecule has 24 heavy (non-hydrogen) atoms. The van der Waals surface area contributed by atoms with Gasteiger partial charge in [-0.25, -0.2) is 0 Å². The minimum Gasteiger partial charge on any atom is -0.453 e. The molecule has 0 amide bonds. The summed E-state index contributed by atoms with van der Waals surface area (Å²) in [5.74, 6) is 0.848. The fourth-order valence-electron chi connectivity index (χ4n) is 3.05. The summed E-state index contributed by atoms with van der Waals surface area (Å²) in [5, 5.41) is 1.15. The van der Waals surface area contributed by atoms with Gasteiger partial charge in [0.2, 0.25) is 0 Å². The predicted molar refractivity (Wildman–Crippen MR) is 103 cm³/mol. The van der Waals surface area contributed by atoms with E-state index < -0.39 is 0 Å². The van der Waals surface area contributed by atoms with Gasteiger partial charge in [-0.1, -0.05) is 42.0 Å². The maximum atomic E-state index is 6.19. The maximum Gasteiger partial charge on any atom is 0.165 e. The lowest BCUT2D eigenvalue weighted by Gasteiger charge is -1.99. The van der Waals surface area contributed by atoms with Crippen molar-refractivity contribution in [2.24, 2.45) is 0 Å². The molecule has 4 rings (SSSR count). The first-order valence-electron chi connectivity index (χ1n) is 7.99. The van der Waals surface area contributed by atoms with E-state index in [4.69, 9.17) is 4.42 Å². The molecule has 2 aromatic carbocycles. The molecule has 0 unspecified atom stereocenters. The fourth-order valence-corrected chi connectivity index (χ4v) is 3.84. The molecule has 0 aliphatic carbocycles. The number of fused-ring (bicyclic) bond motifs is 1. The van der Waals surface area contributed by atoms with Gasteiger partial charge in [-0.05, 0) is 65.5 Å². The normalized spacial score (nSPS) is 11.3. The fraction of sp³-hybridized carbons (Fsp3) is 0.143. The van der Waals surface area contributed by atoms with Gasteiger partial charge in [0, 0.05) is 11.1 Å². The second-order valence-corrected chi connectivity index (χ2v) is 7.09. The van der Waals surface area contributed by atoms with Crippen LogP contribution in [0.2, 0.25) is 0 Å². The second-order valence-electron chi connectivity index (χ2n) is 6.30. The number of H-pyrrole nitrogens is 1. The van der Waals surface area contributed by atoms with Crippen LogP contribution in [-0.2, 0) is 0 Å². The van der Waals surface area contributed by atoms with E-state index >= 15 is 0 Å². The molecule has 3 heteroatoms. The van der Waals surface area contributed by atoms with Crippen LogP contribution in [0.5, 0.6) is 0 Å². The topological polar surface area (TPSA) is 28.9 Å². The number of hydrogen-bond donors (Lipinski definition) is 1. The molecule has 0 aliphatic rings. The number of benzene rings is 2. The Morgan fingerprint density at radius 1 is 0.792 bits per heavy atom. The first-order valence-corrected chi connectivity index (χ1v) is 8.78. The van der Waals surface area contributed by atoms with E-state index in [0.717, 1.165) is 38.2 Å². The summed E-state index contributed by atoms with van der Waals surface area (Å²) in [7, 11) is 0. The van der Waals surface area contributed by atoms with Gasteiger partial charge in [0.25, 0.3) is 0 Å². The molecular formula is C21H18BrNO. The van der Waals surface area contributed by atoms with Crippen LogP contribution in [0.4, 0.5) is 0 Å². The Hall–Kier alpha value is -2.26. The quantitative estimate of drug-likeness (QED) is 0.408. The van der Waals surface area contributed by atoms with E-state index in [1.54, 1.807) is 0 Å². The number of hydrogen-bond acceptors (Lipinski definition) is 1. The first kappa shape index (κ1) is 15.3. The first-order chi connectivity index (χ1) is 11.5. The number of aryl methyl sites for hydroxylation is 3. The van der Waals surface area contributed by atoms with Gasteiger partial charge in [-0.3, -0.25) is 0 Å². The molecule has 0 radical (unpaired) electrons. The molecule has 0 fully saturated rings. The van der Waals surface area contributed by atoms with Crippen molar-refractivity contribution in [2.45, 2.75) is 20.8 Å². The van der Waals surface area contributed by atoms with Crippen LogP contribution in [0.3, 0.4) is 0 Å². The Kier molecular flexibility index (Phi) is 3.61. The van der Waals surface area contributed by atoms with Crippen LogP contribution in [0.25, 0.3) is 33.7 Å². The van der Waals surface area contributed by atoms with Crippen molar-refractivity contribution >= 4 is 26.9 Å². The number of nitrogens with one attached hydrogen (secondary N) is 1. The average molecular weight is 380 g/mol. The summed E-state index contributed by atoms with van der Waals surface area (Å²) in [6, 6.07) is 16.9. The summed E-state index contributed by atoms with van der Waals surface area (Å²) in [6.45, 7) is 6.28. The zero-order valence-corrected chi connectivity index (χ0v) is 15.5. The molecule has 0 saturated heterocycles. The molecule has 0 aliphatic heterocycles. The van der Waals surface area contributed by atoms with E-state index in [-0.39, 0.29) is 0 Å². The Labute approximate surface area is 149 Å². The maximum absolute atomic E-state index is 6.19. The summed E-state index contributed by atoms with van der Waals surface area (Å²) in [6.07, 6.45) is 0. The summed E-state index contributed by atoms with van der Waals surface area (Å²) < 4.78 is 7.20. The highest BCUT2D eigenvalue weighted by molar-refractivity contribution is 9.10.